The smallest absolute Gasteiger partial charge is 0.0456 e. The van der Waals surface area contributed by atoms with Crippen LogP contribution in [0.3, 0.4) is 0 Å². The second-order valence-corrected chi connectivity index (χ2v) is 3.50. The molecule has 1 aliphatic rings. The first-order chi connectivity index (χ1) is 5.79. The van der Waals surface area contributed by atoms with Gasteiger partial charge in [0, 0.05) is 31.7 Å². The molecule has 0 saturated heterocycles. The minimum absolute atomic E-state index is 1.16. The first kappa shape index (κ1) is 7.59. The highest BCUT2D eigenvalue weighted by Crippen LogP contribution is 2.28. The number of aromatic nitrogens is 1. The Morgan fingerprint density at radius 1 is 1.33 bits per heavy atom. The number of aryl methyl sites for hydroxylation is 1. The molecule has 12 heavy (non-hydrogen) atoms. The molecule has 0 spiro atoms. The lowest BCUT2D eigenvalue weighted by atomic mass is 10.2. The van der Waals surface area contributed by atoms with Gasteiger partial charge in [0.25, 0.3) is 0 Å². The van der Waals surface area contributed by atoms with E-state index in [0.717, 1.165) is 6.42 Å². The van der Waals surface area contributed by atoms with Crippen molar-refractivity contribution >= 4 is 5.69 Å². The summed E-state index contributed by atoms with van der Waals surface area (Å²) in [6.45, 7) is 0. The summed E-state index contributed by atoms with van der Waals surface area (Å²) in [7, 11) is 4.18. The van der Waals surface area contributed by atoms with Crippen molar-refractivity contribution in [2.24, 2.45) is 0 Å². The van der Waals surface area contributed by atoms with Crippen LogP contribution in [0.4, 0.5) is 5.69 Å². The van der Waals surface area contributed by atoms with Crippen LogP contribution in [-0.4, -0.2) is 19.1 Å². The molecule has 2 rings (SSSR count). The molecule has 0 bridgehead atoms. The minimum Gasteiger partial charge on any atom is -0.377 e. The van der Waals surface area contributed by atoms with E-state index in [4.69, 9.17) is 0 Å². The van der Waals surface area contributed by atoms with E-state index in [2.05, 4.69) is 30.0 Å². The third-order valence-corrected chi connectivity index (χ3v) is 2.44. The number of rotatable bonds is 1. The van der Waals surface area contributed by atoms with Crippen LogP contribution in [0.2, 0.25) is 0 Å². The lowest BCUT2D eigenvalue weighted by molar-refractivity contribution is 0.898. The van der Waals surface area contributed by atoms with Gasteiger partial charge >= 0.3 is 0 Å². The van der Waals surface area contributed by atoms with Crippen molar-refractivity contribution in [3.05, 3.63) is 23.5 Å². The zero-order valence-corrected chi connectivity index (χ0v) is 7.67. The lowest BCUT2D eigenvalue weighted by Gasteiger charge is -2.15. The van der Waals surface area contributed by atoms with Gasteiger partial charge in [-0.1, -0.05) is 0 Å². The topological polar surface area (TPSA) is 16.1 Å². The highest BCUT2D eigenvalue weighted by atomic mass is 15.1. The van der Waals surface area contributed by atoms with Gasteiger partial charge in [0.15, 0.2) is 0 Å². The lowest BCUT2D eigenvalue weighted by Crippen LogP contribution is -2.11. The van der Waals surface area contributed by atoms with Gasteiger partial charge in [-0.25, -0.2) is 0 Å². The predicted octanol–water partition coefficient (Wildman–Crippen LogP) is 1.64. The average molecular weight is 162 g/mol. The van der Waals surface area contributed by atoms with Crippen LogP contribution >= 0.6 is 0 Å². The molecule has 1 heterocycles. The molecule has 1 aromatic rings. The first-order valence-corrected chi connectivity index (χ1v) is 4.43. The van der Waals surface area contributed by atoms with Crippen LogP contribution in [0.5, 0.6) is 0 Å². The Kier molecular flexibility index (Phi) is 1.75. The molecule has 1 aliphatic carbocycles. The fraction of sp³-hybridized carbons (Fsp3) is 0.500. The van der Waals surface area contributed by atoms with E-state index in [0.29, 0.717) is 0 Å². The van der Waals surface area contributed by atoms with Gasteiger partial charge in [-0.3, -0.25) is 4.98 Å². The Morgan fingerprint density at radius 2 is 2.17 bits per heavy atom. The van der Waals surface area contributed by atoms with Crippen LogP contribution in [0.15, 0.2) is 12.3 Å². The van der Waals surface area contributed by atoms with Crippen molar-refractivity contribution in [3.63, 3.8) is 0 Å². The van der Waals surface area contributed by atoms with Crippen molar-refractivity contribution in [1.82, 2.24) is 4.98 Å². The van der Waals surface area contributed by atoms with E-state index in [1.807, 2.05) is 6.20 Å². The molecule has 0 unspecified atom stereocenters. The first-order valence-electron chi connectivity index (χ1n) is 4.43. The summed E-state index contributed by atoms with van der Waals surface area (Å²) in [6, 6.07) is 2.10. The Hall–Kier alpha value is -1.05. The summed E-state index contributed by atoms with van der Waals surface area (Å²) < 4.78 is 0. The second kappa shape index (κ2) is 2.77. The molecule has 2 nitrogen and oxygen atoms in total. The van der Waals surface area contributed by atoms with Crippen LogP contribution in [0, 0.1) is 0 Å². The Morgan fingerprint density at radius 3 is 2.92 bits per heavy atom. The van der Waals surface area contributed by atoms with E-state index in [-0.39, 0.29) is 0 Å². The normalized spacial score (nSPS) is 14.5. The zero-order valence-electron chi connectivity index (χ0n) is 7.67. The molecular formula is C10H14N2. The van der Waals surface area contributed by atoms with Gasteiger partial charge in [0.1, 0.15) is 0 Å². The fourth-order valence-corrected chi connectivity index (χ4v) is 1.86. The van der Waals surface area contributed by atoms with Gasteiger partial charge in [0.05, 0.1) is 0 Å². The van der Waals surface area contributed by atoms with Crippen molar-refractivity contribution in [3.8, 4) is 0 Å². The molecule has 0 aromatic carbocycles. The second-order valence-electron chi connectivity index (χ2n) is 3.50. The summed E-state index contributed by atoms with van der Waals surface area (Å²) in [4.78, 5) is 6.55. The number of pyridine rings is 1. The molecule has 0 saturated carbocycles. The molecule has 64 valence electrons. The monoisotopic (exact) mass is 162 g/mol. The van der Waals surface area contributed by atoms with Gasteiger partial charge < -0.3 is 4.90 Å². The van der Waals surface area contributed by atoms with E-state index in [1.54, 1.807) is 0 Å². The molecule has 1 aromatic heterocycles. The van der Waals surface area contributed by atoms with Gasteiger partial charge in [-0.15, -0.1) is 0 Å². The summed E-state index contributed by atoms with van der Waals surface area (Å²) in [5.74, 6) is 0. The summed E-state index contributed by atoms with van der Waals surface area (Å²) in [5.41, 5.74) is 4.11. The number of hydrogen-bond acceptors (Lipinski definition) is 2. The highest BCUT2D eigenvalue weighted by molar-refractivity contribution is 5.55. The minimum atomic E-state index is 1.16. The fourth-order valence-electron chi connectivity index (χ4n) is 1.86. The molecule has 0 amide bonds. The SMILES string of the molecule is CN(C)c1ccnc2c1CCC2. The quantitative estimate of drug-likeness (QED) is 0.624. The number of anilines is 1. The van der Waals surface area contributed by atoms with Crippen LogP contribution < -0.4 is 4.90 Å². The maximum Gasteiger partial charge on any atom is 0.0456 e. The van der Waals surface area contributed by atoms with E-state index in [9.17, 15) is 0 Å². The number of fused-ring (bicyclic) bond motifs is 1. The van der Waals surface area contributed by atoms with E-state index < -0.39 is 0 Å². The summed E-state index contributed by atoms with van der Waals surface area (Å²) >= 11 is 0. The van der Waals surface area contributed by atoms with E-state index >= 15 is 0 Å². The van der Waals surface area contributed by atoms with Crippen molar-refractivity contribution in [2.75, 3.05) is 19.0 Å². The van der Waals surface area contributed by atoms with Gasteiger partial charge in [0.2, 0.25) is 0 Å². The van der Waals surface area contributed by atoms with Crippen molar-refractivity contribution in [1.29, 1.82) is 0 Å². The number of nitrogens with zero attached hydrogens (tertiary/aromatic N) is 2. The maximum absolute atomic E-state index is 4.38. The van der Waals surface area contributed by atoms with Crippen molar-refractivity contribution < 1.29 is 0 Å². The third kappa shape index (κ3) is 1.07. The van der Waals surface area contributed by atoms with E-state index in [1.165, 1.54) is 29.8 Å². The third-order valence-electron chi connectivity index (χ3n) is 2.44. The Balaban J connectivity index is 2.49. The average Bonchev–Trinajstić information content (AvgIpc) is 2.49. The van der Waals surface area contributed by atoms with Gasteiger partial charge in [-0.05, 0) is 30.9 Å². The standard InChI is InChI=1S/C10H14N2/c1-12(2)10-6-7-11-9-5-3-4-8(9)10/h6-7H,3-5H2,1-2H3. The largest absolute Gasteiger partial charge is 0.377 e. The molecule has 0 atom stereocenters. The molecule has 2 heteroatoms. The molecular weight excluding hydrogens is 148 g/mol. The highest BCUT2D eigenvalue weighted by Gasteiger charge is 2.15. The Labute approximate surface area is 73.2 Å². The van der Waals surface area contributed by atoms with Crippen LogP contribution in [0.1, 0.15) is 17.7 Å². The molecule has 0 fully saturated rings. The predicted molar refractivity (Wildman–Crippen MR) is 50.6 cm³/mol. The van der Waals surface area contributed by atoms with Crippen LogP contribution in [0.25, 0.3) is 0 Å². The summed E-state index contributed by atoms with van der Waals surface area (Å²) in [6.07, 6.45) is 5.56. The van der Waals surface area contributed by atoms with Crippen LogP contribution in [-0.2, 0) is 12.8 Å². The zero-order chi connectivity index (χ0) is 8.55. The molecule has 0 radical (unpaired) electrons. The summed E-state index contributed by atoms with van der Waals surface area (Å²) in [5, 5.41) is 0. The molecule has 0 aliphatic heterocycles. The van der Waals surface area contributed by atoms with Crippen molar-refractivity contribution in [2.45, 2.75) is 19.3 Å². The number of hydrogen-bond donors (Lipinski definition) is 0. The maximum atomic E-state index is 4.38. The van der Waals surface area contributed by atoms with Gasteiger partial charge in [-0.2, -0.15) is 0 Å². The Bertz CT molecular complexity index is 292. The molecule has 0 N–H and O–H groups in total.